The van der Waals surface area contributed by atoms with E-state index in [9.17, 15) is 0 Å². The Hall–Kier alpha value is -4.82. The summed E-state index contributed by atoms with van der Waals surface area (Å²) in [6.07, 6.45) is 13.2. The Balaban J connectivity index is 1.40. The molecule has 212 valence electrons. The normalized spacial score (nSPS) is 14.7. The predicted molar refractivity (Wildman–Crippen MR) is 187 cm³/mol. The standard InChI is InChI=1S/C41H38N2/c1-6-7-16-37-28(2)35-26-29(18-24-39(35)42(37)33-22-20-31(21-23-33)41(3,4)5)30-19-25-40-36(27-30)34-15-11-12-17-38(34)43(40)32-13-9-8-10-14-32/h6-20,22,24-27H,2,21,23H2,1,3-5H3/b7-6-,37-16+. The van der Waals surface area contributed by atoms with Gasteiger partial charge in [-0.05, 0) is 90.9 Å². The maximum absolute atomic E-state index is 4.60. The van der Waals surface area contributed by atoms with Crippen LogP contribution in [0.25, 0.3) is 67.9 Å². The molecule has 1 aliphatic carbocycles. The summed E-state index contributed by atoms with van der Waals surface area (Å²) in [4.78, 5) is 0. The van der Waals surface area contributed by atoms with Gasteiger partial charge in [0, 0.05) is 32.8 Å². The van der Waals surface area contributed by atoms with E-state index < -0.39 is 0 Å². The molecule has 0 N–H and O–H groups in total. The molecule has 0 radical (unpaired) electrons. The maximum atomic E-state index is 4.60. The SMILES string of the molecule is C=c1/c(=C\C=C/C)n(C2=CC=C(C(C)(C)C)CC2)c2ccc(-c3ccc4c(c3)c3ccccc3n4-c3ccccc3)cc12. The van der Waals surface area contributed by atoms with Gasteiger partial charge in [-0.25, -0.2) is 0 Å². The molecule has 0 amide bonds. The lowest BCUT2D eigenvalue weighted by Gasteiger charge is -2.26. The van der Waals surface area contributed by atoms with Crippen molar-refractivity contribution in [1.29, 1.82) is 0 Å². The van der Waals surface area contributed by atoms with Gasteiger partial charge in [-0.3, -0.25) is 0 Å². The van der Waals surface area contributed by atoms with E-state index in [1.165, 1.54) is 60.8 Å². The fourth-order valence-corrected chi connectivity index (χ4v) is 6.67. The highest BCUT2D eigenvalue weighted by Crippen LogP contribution is 2.37. The summed E-state index contributed by atoms with van der Waals surface area (Å²) in [5.41, 5.74) is 10.3. The van der Waals surface area contributed by atoms with Gasteiger partial charge >= 0.3 is 0 Å². The number of para-hydroxylation sites is 2. The van der Waals surface area contributed by atoms with Gasteiger partial charge in [0.2, 0.25) is 0 Å². The largest absolute Gasteiger partial charge is 0.313 e. The van der Waals surface area contributed by atoms with Gasteiger partial charge in [-0.15, -0.1) is 0 Å². The van der Waals surface area contributed by atoms with Crippen LogP contribution in [-0.4, -0.2) is 9.13 Å². The van der Waals surface area contributed by atoms with Crippen molar-refractivity contribution in [2.75, 3.05) is 0 Å². The molecule has 43 heavy (non-hydrogen) atoms. The van der Waals surface area contributed by atoms with Crippen molar-refractivity contribution in [3.05, 3.63) is 131 Å². The highest BCUT2D eigenvalue weighted by molar-refractivity contribution is 6.10. The molecule has 1 aliphatic rings. The van der Waals surface area contributed by atoms with E-state index in [2.05, 4.69) is 165 Å². The Kier molecular flexibility index (Phi) is 6.58. The Morgan fingerprint density at radius 3 is 2.00 bits per heavy atom. The maximum Gasteiger partial charge on any atom is 0.0541 e. The average Bonchev–Trinajstić information content (AvgIpc) is 3.51. The van der Waals surface area contributed by atoms with Crippen molar-refractivity contribution in [2.24, 2.45) is 5.41 Å². The zero-order chi connectivity index (χ0) is 29.7. The fourth-order valence-electron chi connectivity index (χ4n) is 6.67. The first-order valence-corrected chi connectivity index (χ1v) is 15.3. The van der Waals surface area contributed by atoms with Crippen molar-refractivity contribution in [3.8, 4) is 16.8 Å². The van der Waals surface area contributed by atoms with Gasteiger partial charge in [-0.2, -0.15) is 0 Å². The minimum Gasteiger partial charge on any atom is -0.313 e. The van der Waals surface area contributed by atoms with Gasteiger partial charge in [0.25, 0.3) is 0 Å². The molecular weight excluding hydrogens is 520 g/mol. The summed E-state index contributed by atoms with van der Waals surface area (Å²) in [6.45, 7) is 13.6. The number of rotatable bonds is 4. The van der Waals surface area contributed by atoms with E-state index in [1.807, 2.05) is 0 Å². The summed E-state index contributed by atoms with van der Waals surface area (Å²) >= 11 is 0. The number of benzene rings is 4. The van der Waals surface area contributed by atoms with Crippen molar-refractivity contribution < 1.29 is 0 Å². The minimum absolute atomic E-state index is 0.196. The second-order valence-corrected chi connectivity index (χ2v) is 12.6. The molecule has 0 saturated carbocycles. The Morgan fingerprint density at radius 1 is 0.674 bits per heavy atom. The Labute approximate surface area is 253 Å². The van der Waals surface area contributed by atoms with Gasteiger partial charge in [-0.1, -0.05) is 99.7 Å². The van der Waals surface area contributed by atoms with Crippen LogP contribution in [0.5, 0.6) is 0 Å². The van der Waals surface area contributed by atoms with Crippen molar-refractivity contribution in [2.45, 2.75) is 40.5 Å². The van der Waals surface area contributed by atoms with E-state index in [1.54, 1.807) is 0 Å². The Bertz CT molecular complexity index is 2220. The molecule has 2 nitrogen and oxygen atoms in total. The van der Waals surface area contributed by atoms with Crippen LogP contribution in [0.1, 0.15) is 40.5 Å². The zero-order valence-corrected chi connectivity index (χ0v) is 25.6. The quantitative estimate of drug-likeness (QED) is 0.204. The molecule has 0 bridgehead atoms. The topological polar surface area (TPSA) is 9.86 Å². The Morgan fingerprint density at radius 2 is 1.33 bits per heavy atom. The van der Waals surface area contributed by atoms with E-state index in [4.69, 9.17) is 0 Å². The molecule has 0 aliphatic heterocycles. The number of hydrogen-bond acceptors (Lipinski definition) is 0. The number of nitrogens with zero attached hydrogens (tertiary/aromatic N) is 2. The lowest BCUT2D eigenvalue weighted by atomic mass is 9.81. The average molecular weight is 559 g/mol. The van der Waals surface area contributed by atoms with Crippen LogP contribution in [0, 0.1) is 5.41 Å². The molecule has 0 unspecified atom stereocenters. The number of allylic oxidation sites excluding steroid dienone is 6. The summed E-state index contributed by atoms with van der Waals surface area (Å²) in [5, 5.41) is 5.96. The monoisotopic (exact) mass is 558 g/mol. The highest BCUT2D eigenvalue weighted by Gasteiger charge is 2.21. The van der Waals surface area contributed by atoms with E-state index >= 15 is 0 Å². The number of aromatic nitrogens is 2. The van der Waals surface area contributed by atoms with Crippen LogP contribution < -0.4 is 10.6 Å². The minimum atomic E-state index is 0.196. The van der Waals surface area contributed by atoms with Crippen LogP contribution in [0.3, 0.4) is 0 Å². The third-order valence-corrected chi connectivity index (χ3v) is 8.96. The third kappa shape index (κ3) is 4.58. The van der Waals surface area contributed by atoms with Crippen LogP contribution >= 0.6 is 0 Å². The first-order chi connectivity index (χ1) is 20.8. The molecule has 0 saturated heterocycles. The molecule has 2 heteroatoms. The van der Waals surface area contributed by atoms with Gasteiger partial charge in [0.05, 0.1) is 21.9 Å². The van der Waals surface area contributed by atoms with E-state index in [0.29, 0.717) is 0 Å². The van der Waals surface area contributed by atoms with Crippen LogP contribution in [-0.2, 0) is 0 Å². The fraction of sp³-hybridized carbons (Fsp3) is 0.171. The second kappa shape index (κ2) is 10.5. The summed E-state index contributed by atoms with van der Waals surface area (Å²) in [6, 6.07) is 33.1. The first kappa shape index (κ1) is 27.0. The number of hydrogen-bond donors (Lipinski definition) is 0. The van der Waals surface area contributed by atoms with Gasteiger partial charge < -0.3 is 9.13 Å². The van der Waals surface area contributed by atoms with Crippen molar-refractivity contribution in [3.63, 3.8) is 0 Å². The van der Waals surface area contributed by atoms with Gasteiger partial charge in [0.15, 0.2) is 0 Å². The smallest absolute Gasteiger partial charge is 0.0541 e. The van der Waals surface area contributed by atoms with Crippen molar-refractivity contribution >= 4 is 51.1 Å². The molecule has 0 spiro atoms. The molecule has 2 aromatic heterocycles. The van der Waals surface area contributed by atoms with Crippen LogP contribution in [0.2, 0.25) is 0 Å². The summed E-state index contributed by atoms with van der Waals surface area (Å²) in [5.74, 6) is 0. The zero-order valence-electron chi connectivity index (χ0n) is 25.6. The summed E-state index contributed by atoms with van der Waals surface area (Å²) in [7, 11) is 0. The van der Waals surface area contributed by atoms with E-state index in [0.717, 1.165) is 23.4 Å². The number of fused-ring (bicyclic) bond motifs is 4. The molecule has 7 rings (SSSR count). The predicted octanol–water partition coefficient (Wildman–Crippen LogP) is 9.78. The van der Waals surface area contributed by atoms with Crippen molar-refractivity contribution in [1.82, 2.24) is 9.13 Å². The van der Waals surface area contributed by atoms with Crippen LogP contribution in [0.4, 0.5) is 0 Å². The first-order valence-electron chi connectivity index (χ1n) is 15.3. The van der Waals surface area contributed by atoms with Gasteiger partial charge in [0.1, 0.15) is 0 Å². The molecule has 6 aromatic rings. The summed E-state index contributed by atoms with van der Waals surface area (Å²) < 4.78 is 4.79. The molecular formula is C41H38N2. The molecule has 2 heterocycles. The molecule has 4 aromatic carbocycles. The van der Waals surface area contributed by atoms with Crippen LogP contribution in [0.15, 0.2) is 121 Å². The highest BCUT2D eigenvalue weighted by atomic mass is 15.0. The second-order valence-electron chi connectivity index (χ2n) is 12.6. The molecule has 0 fully saturated rings. The lowest BCUT2D eigenvalue weighted by Crippen LogP contribution is -2.28. The third-order valence-electron chi connectivity index (χ3n) is 8.96. The van der Waals surface area contributed by atoms with E-state index in [-0.39, 0.29) is 5.41 Å². The lowest BCUT2D eigenvalue weighted by molar-refractivity contribution is 0.481. The molecule has 0 atom stereocenters.